The third-order valence-electron chi connectivity index (χ3n) is 9.06. The number of rotatable bonds is 17. The van der Waals surface area contributed by atoms with Crippen molar-refractivity contribution in [3.63, 3.8) is 0 Å². The number of likely N-dealkylation sites (N-methyl/N-ethyl adjacent to an activating group) is 1. The lowest BCUT2D eigenvalue weighted by molar-refractivity contribution is -0.142. The van der Waals surface area contributed by atoms with Crippen molar-refractivity contribution >= 4 is 41.4 Å². The SMILES string of the molecule is C/C(=C\[C@H](C(C)C)N(C)C(=O)[C@@H](NC(=O)[C@@H](N)C(C)(C)c1ccccc1)C(C)(C)C)C(=O)N[C@H](CCC(=O)NCCN1C(=O)C=CC1=O)C(=O)O. The van der Waals surface area contributed by atoms with Crippen LogP contribution in [0, 0.1) is 11.3 Å². The van der Waals surface area contributed by atoms with E-state index in [0.29, 0.717) is 0 Å². The number of aliphatic carboxylic acids is 1. The van der Waals surface area contributed by atoms with Gasteiger partial charge in [0.1, 0.15) is 12.1 Å². The molecule has 0 saturated heterocycles. The highest BCUT2D eigenvalue weighted by Crippen LogP contribution is 2.28. The van der Waals surface area contributed by atoms with Crippen molar-refractivity contribution in [2.45, 2.75) is 97.8 Å². The third-order valence-corrected chi connectivity index (χ3v) is 9.06. The van der Waals surface area contributed by atoms with E-state index in [-0.39, 0.29) is 37.4 Å². The lowest BCUT2D eigenvalue weighted by Crippen LogP contribution is -2.61. The minimum atomic E-state index is -1.39. The third kappa shape index (κ3) is 11.6. The summed E-state index contributed by atoms with van der Waals surface area (Å²) in [6, 6.07) is 5.47. The van der Waals surface area contributed by atoms with E-state index < -0.39 is 76.4 Å². The number of carboxylic acids is 1. The Bertz CT molecular complexity index is 1510. The van der Waals surface area contributed by atoms with Crippen molar-refractivity contribution in [2.75, 3.05) is 20.1 Å². The average molecular weight is 711 g/mol. The topological polar surface area (TPSA) is 208 Å². The molecular weight excluding hydrogens is 656 g/mol. The molecule has 14 nitrogen and oxygen atoms in total. The molecule has 0 saturated carbocycles. The maximum absolute atomic E-state index is 14.0. The highest BCUT2D eigenvalue weighted by atomic mass is 16.4. The van der Waals surface area contributed by atoms with Crippen LogP contribution in [0.25, 0.3) is 0 Å². The molecule has 1 aliphatic rings. The Morgan fingerprint density at radius 1 is 0.961 bits per heavy atom. The predicted molar refractivity (Wildman–Crippen MR) is 192 cm³/mol. The molecule has 280 valence electrons. The summed E-state index contributed by atoms with van der Waals surface area (Å²) in [5.41, 5.74) is 6.06. The van der Waals surface area contributed by atoms with Gasteiger partial charge in [-0.25, -0.2) is 4.79 Å². The van der Waals surface area contributed by atoms with Crippen LogP contribution >= 0.6 is 0 Å². The second kappa shape index (κ2) is 17.9. The molecule has 2 rings (SSSR count). The Balaban J connectivity index is 2.11. The Labute approximate surface area is 300 Å². The van der Waals surface area contributed by atoms with E-state index in [1.165, 1.54) is 11.8 Å². The van der Waals surface area contributed by atoms with Gasteiger partial charge in [-0.05, 0) is 30.2 Å². The van der Waals surface area contributed by atoms with E-state index in [1.54, 1.807) is 13.1 Å². The van der Waals surface area contributed by atoms with Crippen LogP contribution in [0.15, 0.2) is 54.1 Å². The molecule has 0 aliphatic carbocycles. The van der Waals surface area contributed by atoms with E-state index in [2.05, 4.69) is 16.0 Å². The fraction of sp³-hybridized carbons (Fsp3) is 0.541. The lowest BCUT2D eigenvalue weighted by Gasteiger charge is -2.39. The molecule has 1 aromatic rings. The molecule has 0 aromatic heterocycles. The van der Waals surface area contributed by atoms with Crippen LogP contribution in [0.4, 0.5) is 0 Å². The molecule has 6 N–H and O–H groups in total. The monoisotopic (exact) mass is 710 g/mol. The van der Waals surface area contributed by atoms with Crippen molar-refractivity contribution < 1.29 is 38.7 Å². The number of carboxylic acid groups (broad SMARTS) is 1. The number of carbonyl (C=O) groups is 7. The van der Waals surface area contributed by atoms with Gasteiger partial charge in [0.25, 0.3) is 11.8 Å². The van der Waals surface area contributed by atoms with Crippen molar-refractivity contribution in [3.8, 4) is 0 Å². The second-order valence-corrected chi connectivity index (χ2v) is 14.8. The zero-order valence-corrected chi connectivity index (χ0v) is 31.1. The minimum Gasteiger partial charge on any atom is -0.480 e. The van der Waals surface area contributed by atoms with E-state index in [1.807, 2.05) is 78.8 Å². The molecule has 0 spiro atoms. The van der Waals surface area contributed by atoms with Crippen LogP contribution in [0.2, 0.25) is 0 Å². The Morgan fingerprint density at radius 3 is 2.04 bits per heavy atom. The smallest absolute Gasteiger partial charge is 0.326 e. The molecule has 1 aliphatic heterocycles. The fourth-order valence-electron chi connectivity index (χ4n) is 5.54. The van der Waals surface area contributed by atoms with Crippen LogP contribution in [0.5, 0.6) is 0 Å². The summed E-state index contributed by atoms with van der Waals surface area (Å²) in [5, 5.41) is 17.6. The zero-order chi connectivity index (χ0) is 38.8. The summed E-state index contributed by atoms with van der Waals surface area (Å²) in [6.45, 7) is 14.4. The second-order valence-electron chi connectivity index (χ2n) is 14.8. The van der Waals surface area contributed by atoms with E-state index >= 15 is 0 Å². The van der Waals surface area contributed by atoms with Crippen LogP contribution in [0.1, 0.15) is 73.8 Å². The maximum Gasteiger partial charge on any atom is 0.326 e. The molecule has 51 heavy (non-hydrogen) atoms. The number of amides is 6. The number of nitrogens with zero attached hydrogens (tertiary/aromatic N) is 2. The number of nitrogens with one attached hydrogen (secondary N) is 3. The molecule has 0 fully saturated rings. The standard InChI is InChI=1S/C37H54N6O8/c1-22(2)26(42(9)34(49)31(36(4,5)6)41-33(48)30(38)37(7,8)24-13-11-10-12-14-24)21-23(3)32(47)40-25(35(50)51)15-16-27(44)39-19-20-43-28(45)17-18-29(43)46/h10-14,17-18,21-22,25-26,30-31H,15-16,19-20,38H2,1-9H3,(H,39,44)(H,40,47)(H,41,48)(H,50,51)/b23-21+/t25-,26-,30-,31-/m1/s1. The molecule has 0 unspecified atom stereocenters. The van der Waals surface area contributed by atoms with Gasteiger partial charge in [-0.1, -0.05) is 84.9 Å². The highest BCUT2D eigenvalue weighted by molar-refractivity contribution is 6.12. The minimum absolute atomic E-state index is 0.00894. The van der Waals surface area contributed by atoms with Gasteiger partial charge in [-0.3, -0.25) is 33.7 Å². The molecule has 14 heteroatoms. The van der Waals surface area contributed by atoms with Gasteiger partial charge in [0, 0.05) is 49.7 Å². The van der Waals surface area contributed by atoms with Crippen molar-refractivity contribution in [1.82, 2.24) is 25.8 Å². The van der Waals surface area contributed by atoms with Gasteiger partial charge < -0.3 is 31.7 Å². The van der Waals surface area contributed by atoms with Gasteiger partial charge in [-0.15, -0.1) is 0 Å². The maximum atomic E-state index is 14.0. The van der Waals surface area contributed by atoms with Crippen LogP contribution in [-0.4, -0.2) is 101 Å². The van der Waals surface area contributed by atoms with Crippen LogP contribution < -0.4 is 21.7 Å². The average Bonchev–Trinajstić information content (AvgIpc) is 3.38. The number of hydrogen-bond donors (Lipinski definition) is 5. The van der Waals surface area contributed by atoms with E-state index in [4.69, 9.17) is 5.73 Å². The molecule has 4 atom stereocenters. The largest absolute Gasteiger partial charge is 0.480 e. The molecule has 6 amide bonds. The summed E-state index contributed by atoms with van der Waals surface area (Å²) >= 11 is 0. The first-order valence-electron chi connectivity index (χ1n) is 17.0. The van der Waals surface area contributed by atoms with Gasteiger partial charge in [0.15, 0.2) is 0 Å². The highest BCUT2D eigenvalue weighted by Gasteiger charge is 2.41. The van der Waals surface area contributed by atoms with Crippen molar-refractivity contribution in [1.29, 1.82) is 0 Å². The van der Waals surface area contributed by atoms with E-state index in [9.17, 15) is 38.7 Å². The molecule has 1 heterocycles. The molecule has 0 bridgehead atoms. The summed E-state index contributed by atoms with van der Waals surface area (Å²) < 4.78 is 0. The summed E-state index contributed by atoms with van der Waals surface area (Å²) in [5.74, 6) is -4.57. The molecular formula is C37H54N6O8. The summed E-state index contributed by atoms with van der Waals surface area (Å²) in [4.78, 5) is 90.7. The predicted octanol–water partition coefficient (Wildman–Crippen LogP) is 1.64. The number of benzene rings is 1. The summed E-state index contributed by atoms with van der Waals surface area (Å²) in [7, 11) is 1.58. The lowest BCUT2D eigenvalue weighted by atomic mass is 9.77. The normalized spacial score (nSPS) is 16.0. The van der Waals surface area contributed by atoms with Gasteiger partial charge in [0.2, 0.25) is 23.6 Å². The Morgan fingerprint density at radius 2 is 1.53 bits per heavy atom. The fourth-order valence-corrected chi connectivity index (χ4v) is 5.54. The first kappa shape index (κ1) is 42.3. The molecule has 0 radical (unpaired) electrons. The van der Waals surface area contributed by atoms with Crippen LogP contribution in [0.3, 0.4) is 0 Å². The van der Waals surface area contributed by atoms with E-state index in [0.717, 1.165) is 22.6 Å². The van der Waals surface area contributed by atoms with Gasteiger partial charge >= 0.3 is 5.97 Å². The van der Waals surface area contributed by atoms with Crippen molar-refractivity contribution in [3.05, 3.63) is 59.7 Å². The van der Waals surface area contributed by atoms with Gasteiger partial charge in [0.05, 0.1) is 12.1 Å². The molecule has 1 aromatic carbocycles. The van der Waals surface area contributed by atoms with Crippen molar-refractivity contribution in [2.24, 2.45) is 17.1 Å². The number of carbonyl (C=O) groups excluding carboxylic acids is 6. The summed E-state index contributed by atoms with van der Waals surface area (Å²) in [6.07, 6.45) is 3.39. The van der Waals surface area contributed by atoms with Gasteiger partial charge in [-0.2, -0.15) is 0 Å². The first-order valence-corrected chi connectivity index (χ1v) is 17.0. The van der Waals surface area contributed by atoms with Crippen LogP contribution in [-0.2, 0) is 39.0 Å². The first-order chi connectivity index (χ1) is 23.6. The quantitative estimate of drug-likeness (QED) is 0.117. The number of imide groups is 1. The Kier molecular flexibility index (Phi) is 14.8. The number of hydrogen-bond acceptors (Lipinski definition) is 8. The Hall–Kier alpha value is -4.85. The number of nitrogens with two attached hydrogens (primary N) is 1. The zero-order valence-electron chi connectivity index (χ0n) is 31.1.